The standard InChI is InChI=1S/C9H20N2O2/c1-9(2,7-12)10-6-5-8(13)11(3)4/h10,12H,5-7H2,1-4H3. The highest BCUT2D eigenvalue weighted by atomic mass is 16.3. The Morgan fingerprint density at radius 2 is 2.00 bits per heavy atom. The summed E-state index contributed by atoms with van der Waals surface area (Å²) >= 11 is 0. The zero-order valence-corrected chi connectivity index (χ0v) is 8.92. The molecule has 13 heavy (non-hydrogen) atoms. The maximum atomic E-state index is 11.1. The summed E-state index contributed by atoms with van der Waals surface area (Å²) in [6.45, 7) is 4.47. The minimum atomic E-state index is -0.299. The topological polar surface area (TPSA) is 52.6 Å². The second kappa shape index (κ2) is 5.19. The molecule has 0 aromatic carbocycles. The smallest absolute Gasteiger partial charge is 0.223 e. The van der Waals surface area contributed by atoms with E-state index in [-0.39, 0.29) is 18.1 Å². The molecule has 0 aliphatic heterocycles. The van der Waals surface area contributed by atoms with Crippen LogP contribution in [0.4, 0.5) is 0 Å². The molecule has 0 aromatic heterocycles. The number of aliphatic hydroxyl groups is 1. The Morgan fingerprint density at radius 1 is 1.46 bits per heavy atom. The summed E-state index contributed by atoms with van der Waals surface area (Å²) in [5, 5.41) is 12.0. The largest absolute Gasteiger partial charge is 0.394 e. The molecule has 0 aliphatic rings. The Kier molecular flexibility index (Phi) is 4.95. The van der Waals surface area contributed by atoms with Crippen LogP contribution in [0.1, 0.15) is 20.3 Å². The first kappa shape index (κ1) is 12.4. The summed E-state index contributed by atoms with van der Waals surface area (Å²) in [6, 6.07) is 0. The van der Waals surface area contributed by atoms with E-state index < -0.39 is 0 Å². The monoisotopic (exact) mass is 188 g/mol. The predicted molar refractivity (Wildman–Crippen MR) is 52.5 cm³/mol. The van der Waals surface area contributed by atoms with E-state index in [1.807, 2.05) is 13.8 Å². The molecule has 78 valence electrons. The Hall–Kier alpha value is -0.610. The van der Waals surface area contributed by atoms with E-state index in [4.69, 9.17) is 5.11 Å². The van der Waals surface area contributed by atoms with Gasteiger partial charge in [0.05, 0.1) is 6.61 Å². The van der Waals surface area contributed by atoms with Crippen molar-refractivity contribution >= 4 is 5.91 Å². The molecule has 4 nitrogen and oxygen atoms in total. The van der Waals surface area contributed by atoms with Crippen molar-refractivity contribution in [3.05, 3.63) is 0 Å². The summed E-state index contributed by atoms with van der Waals surface area (Å²) in [5.41, 5.74) is -0.299. The lowest BCUT2D eigenvalue weighted by molar-refractivity contribution is -0.128. The van der Waals surface area contributed by atoms with Gasteiger partial charge < -0.3 is 15.3 Å². The first-order chi connectivity index (χ1) is 5.89. The van der Waals surface area contributed by atoms with Crippen molar-refractivity contribution in [2.45, 2.75) is 25.8 Å². The van der Waals surface area contributed by atoms with E-state index in [2.05, 4.69) is 5.32 Å². The van der Waals surface area contributed by atoms with Crippen LogP contribution in [0.15, 0.2) is 0 Å². The average Bonchev–Trinajstić information content (AvgIpc) is 2.04. The van der Waals surface area contributed by atoms with Crippen molar-refractivity contribution in [2.75, 3.05) is 27.2 Å². The fraction of sp³-hybridized carbons (Fsp3) is 0.889. The van der Waals surface area contributed by atoms with E-state index in [0.29, 0.717) is 13.0 Å². The van der Waals surface area contributed by atoms with E-state index in [1.165, 1.54) is 0 Å². The van der Waals surface area contributed by atoms with Gasteiger partial charge in [-0.1, -0.05) is 0 Å². The summed E-state index contributed by atoms with van der Waals surface area (Å²) in [4.78, 5) is 12.7. The zero-order valence-electron chi connectivity index (χ0n) is 8.92. The first-order valence-electron chi connectivity index (χ1n) is 4.45. The molecular formula is C9H20N2O2. The molecule has 0 heterocycles. The molecule has 0 radical (unpaired) electrons. The predicted octanol–water partition coefficient (Wildman–Crippen LogP) is -0.175. The molecule has 0 bridgehead atoms. The Labute approximate surface area is 79.9 Å². The number of nitrogens with zero attached hydrogens (tertiary/aromatic N) is 1. The minimum absolute atomic E-state index is 0.0726. The highest BCUT2D eigenvalue weighted by molar-refractivity contribution is 5.75. The van der Waals surface area contributed by atoms with Crippen LogP contribution in [0.5, 0.6) is 0 Å². The lowest BCUT2D eigenvalue weighted by Crippen LogP contribution is -2.44. The van der Waals surface area contributed by atoms with Crippen molar-refractivity contribution in [3.8, 4) is 0 Å². The molecular weight excluding hydrogens is 168 g/mol. The van der Waals surface area contributed by atoms with Crippen LogP contribution in [-0.4, -0.2) is 48.7 Å². The average molecular weight is 188 g/mol. The SMILES string of the molecule is CN(C)C(=O)CCNC(C)(C)CO. The van der Waals surface area contributed by atoms with Gasteiger partial charge in [-0.25, -0.2) is 0 Å². The fourth-order valence-corrected chi connectivity index (χ4v) is 0.787. The number of amides is 1. The quantitative estimate of drug-likeness (QED) is 0.629. The van der Waals surface area contributed by atoms with Gasteiger partial charge in [0.25, 0.3) is 0 Å². The number of hydrogen-bond donors (Lipinski definition) is 2. The molecule has 2 N–H and O–H groups in total. The van der Waals surface area contributed by atoms with Gasteiger partial charge in [-0.05, 0) is 13.8 Å². The van der Waals surface area contributed by atoms with Crippen molar-refractivity contribution in [2.24, 2.45) is 0 Å². The van der Waals surface area contributed by atoms with Gasteiger partial charge in [-0.15, -0.1) is 0 Å². The Balaban J connectivity index is 3.62. The van der Waals surface area contributed by atoms with Crippen LogP contribution in [-0.2, 0) is 4.79 Å². The van der Waals surface area contributed by atoms with Crippen molar-refractivity contribution in [1.82, 2.24) is 10.2 Å². The number of aliphatic hydroxyl groups excluding tert-OH is 1. The maximum Gasteiger partial charge on any atom is 0.223 e. The van der Waals surface area contributed by atoms with Crippen LogP contribution in [0.25, 0.3) is 0 Å². The van der Waals surface area contributed by atoms with Gasteiger partial charge in [0, 0.05) is 32.6 Å². The number of rotatable bonds is 5. The second-order valence-corrected chi connectivity index (χ2v) is 4.01. The van der Waals surface area contributed by atoms with Crippen LogP contribution in [0, 0.1) is 0 Å². The second-order valence-electron chi connectivity index (χ2n) is 4.01. The third-order valence-electron chi connectivity index (χ3n) is 1.84. The first-order valence-corrected chi connectivity index (χ1v) is 4.45. The van der Waals surface area contributed by atoms with Crippen LogP contribution < -0.4 is 5.32 Å². The normalized spacial score (nSPS) is 11.5. The summed E-state index contributed by atoms with van der Waals surface area (Å²) in [6.07, 6.45) is 0.469. The molecule has 1 amide bonds. The Morgan fingerprint density at radius 3 is 2.38 bits per heavy atom. The van der Waals surface area contributed by atoms with Crippen molar-refractivity contribution in [3.63, 3.8) is 0 Å². The molecule has 0 aromatic rings. The van der Waals surface area contributed by atoms with Gasteiger partial charge in [-0.2, -0.15) is 0 Å². The molecule has 0 rings (SSSR count). The molecule has 0 saturated carbocycles. The van der Waals surface area contributed by atoms with E-state index in [1.54, 1.807) is 19.0 Å². The van der Waals surface area contributed by atoms with Gasteiger partial charge >= 0.3 is 0 Å². The highest BCUT2D eigenvalue weighted by Crippen LogP contribution is 1.99. The number of carbonyl (C=O) groups excluding carboxylic acids is 1. The number of nitrogens with one attached hydrogen (secondary N) is 1. The van der Waals surface area contributed by atoms with Crippen LogP contribution >= 0.6 is 0 Å². The minimum Gasteiger partial charge on any atom is -0.394 e. The summed E-state index contributed by atoms with van der Waals surface area (Å²) in [7, 11) is 3.47. The van der Waals surface area contributed by atoms with Gasteiger partial charge in [0.1, 0.15) is 0 Å². The molecule has 0 atom stereocenters. The van der Waals surface area contributed by atoms with Gasteiger partial charge in [-0.3, -0.25) is 4.79 Å². The zero-order chi connectivity index (χ0) is 10.5. The third-order valence-corrected chi connectivity index (χ3v) is 1.84. The van der Waals surface area contributed by atoms with Crippen molar-refractivity contribution in [1.29, 1.82) is 0 Å². The summed E-state index contributed by atoms with van der Waals surface area (Å²) < 4.78 is 0. The highest BCUT2D eigenvalue weighted by Gasteiger charge is 2.15. The fourth-order valence-electron chi connectivity index (χ4n) is 0.787. The Bertz CT molecular complexity index is 167. The van der Waals surface area contributed by atoms with E-state index in [9.17, 15) is 4.79 Å². The number of carbonyl (C=O) groups is 1. The van der Waals surface area contributed by atoms with Gasteiger partial charge in [0.2, 0.25) is 5.91 Å². The summed E-state index contributed by atoms with van der Waals surface area (Å²) in [5.74, 6) is 0.0984. The van der Waals surface area contributed by atoms with E-state index in [0.717, 1.165) is 0 Å². The molecule has 0 fully saturated rings. The van der Waals surface area contributed by atoms with Crippen LogP contribution in [0.3, 0.4) is 0 Å². The maximum absolute atomic E-state index is 11.1. The molecule has 0 saturated heterocycles. The van der Waals surface area contributed by atoms with E-state index >= 15 is 0 Å². The van der Waals surface area contributed by atoms with Gasteiger partial charge in [0.15, 0.2) is 0 Å². The molecule has 0 spiro atoms. The van der Waals surface area contributed by atoms with Crippen molar-refractivity contribution < 1.29 is 9.90 Å². The van der Waals surface area contributed by atoms with Crippen LogP contribution in [0.2, 0.25) is 0 Å². The molecule has 4 heteroatoms. The molecule has 0 unspecified atom stereocenters. The lowest BCUT2D eigenvalue weighted by atomic mass is 10.1. The number of hydrogen-bond acceptors (Lipinski definition) is 3. The molecule has 0 aliphatic carbocycles. The lowest BCUT2D eigenvalue weighted by Gasteiger charge is -2.23. The third kappa shape index (κ3) is 5.60.